The Kier molecular flexibility index (Phi) is 7.36. The summed E-state index contributed by atoms with van der Waals surface area (Å²) in [6, 6.07) is 62.5. The molecule has 0 spiro atoms. The molecule has 1 atom stereocenters. The van der Waals surface area contributed by atoms with Gasteiger partial charge >= 0.3 is 0 Å². The van der Waals surface area contributed by atoms with Crippen LogP contribution in [0.25, 0.3) is 39.5 Å². The van der Waals surface area contributed by atoms with Crippen LogP contribution in [0.2, 0.25) is 0 Å². The number of nitrogens with zero attached hydrogens (tertiary/aromatic N) is 1. The SMILES string of the molecule is CC1(C)c2ccccc2-c2ccc(N(c3ccc(C4C=Cc5ccccc5C4)cc3)c3ccc(-c4ccccc4)c(-c4ccccc4)c3)cc21. The lowest BCUT2D eigenvalue weighted by atomic mass is 9.82. The van der Waals surface area contributed by atoms with E-state index in [1.807, 2.05) is 0 Å². The van der Waals surface area contributed by atoms with Crippen molar-refractivity contribution in [2.75, 3.05) is 4.90 Å². The third-order valence-electron chi connectivity index (χ3n) is 10.8. The van der Waals surface area contributed by atoms with Crippen LogP contribution in [0.3, 0.4) is 0 Å². The molecule has 7 aromatic rings. The Labute approximate surface area is 295 Å². The fraction of sp³-hybridized carbons (Fsp3) is 0.102. The summed E-state index contributed by atoms with van der Waals surface area (Å²) in [5.41, 5.74) is 17.8. The van der Waals surface area contributed by atoms with E-state index in [0.717, 1.165) is 23.5 Å². The Morgan fingerprint density at radius 2 is 1.06 bits per heavy atom. The molecule has 2 aliphatic carbocycles. The maximum absolute atomic E-state index is 2.44. The van der Waals surface area contributed by atoms with Crippen LogP contribution in [0.15, 0.2) is 176 Å². The molecular weight excluding hydrogens is 603 g/mol. The molecule has 0 N–H and O–H groups in total. The lowest BCUT2D eigenvalue weighted by Gasteiger charge is -2.29. The molecule has 0 fully saturated rings. The molecule has 1 heteroatoms. The van der Waals surface area contributed by atoms with Crippen LogP contribution in [0.1, 0.15) is 47.6 Å². The summed E-state index contributed by atoms with van der Waals surface area (Å²) >= 11 is 0. The van der Waals surface area contributed by atoms with Gasteiger partial charge < -0.3 is 4.90 Å². The molecule has 9 rings (SSSR count). The van der Waals surface area contributed by atoms with Gasteiger partial charge in [-0.15, -0.1) is 0 Å². The summed E-state index contributed by atoms with van der Waals surface area (Å²) in [6.07, 6.45) is 5.68. The summed E-state index contributed by atoms with van der Waals surface area (Å²) in [5, 5.41) is 0. The van der Waals surface area contributed by atoms with Crippen molar-refractivity contribution in [3.8, 4) is 33.4 Å². The largest absolute Gasteiger partial charge is 0.310 e. The molecule has 0 heterocycles. The third-order valence-corrected chi connectivity index (χ3v) is 10.8. The lowest BCUT2D eigenvalue weighted by Crippen LogP contribution is -2.16. The molecule has 0 bridgehead atoms. The standard InChI is InChI=1S/C49H39N/c1-49(2)47-20-12-11-19-44(47)45-30-28-42(33-48(45)49)50(40-25-23-35(24-26-40)39-22-21-34-13-9-10-18-38(34)31-39)41-27-29-43(36-14-5-3-6-15-36)46(32-41)37-16-7-4-8-17-37/h3-30,32-33,39H,31H2,1-2H3. The third kappa shape index (κ3) is 5.18. The van der Waals surface area contributed by atoms with Gasteiger partial charge in [-0.2, -0.15) is 0 Å². The number of hydrogen-bond donors (Lipinski definition) is 0. The van der Waals surface area contributed by atoms with Crippen molar-refractivity contribution in [3.05, 3.63) is 204 Å². The number of benzene rings is 7. The normalized spacial score (nSPS) is 15.2. The van der Waals surface area contributed by atoms with E-state index >= 15 is 0 Å². The average Bonchev–Trinajstić information content (AvgIpc) is 3.41. The van der Waals surface area contributed by atoms with E-state index in [-0.39, 0.29) is 5.41 Å². The van der Waals surface area contributed by atoms with E-state index in [1.54, 1.807) is 0 Å². The first-order valence-electron chi connectivity index (χ1n) is 17.7. The molecule has 0 saturated heterocycles. The molecule has 0 aromatic heterocycles. The molecule has 1 nitrogen and oxygen atoms in total. The molecule has 2 aliphatic rings. The molecule has 7 aromatic carbocycles. The quantitative estimate of drug-likeness (QED) is 0.175. The van der Waals surface area contributed by atoms with Gasteiger partial charge in [-0.25, -0.2) is 0 Å². The van der Waals surface area contributed by atoms with E-state index in [4.69, 9.17) is 0 Å². The first-order valence-corrected chi connectivity index (χ1v) is 17.7. The maximum atomic E-state index is 2.44. The summed E-state index contributed by atoms with van der Waals surface area (Å²) in [6.45, 7) is 4.72. The van der Waals surface area contributed by atoms with Gasteiger partial charge in [0.15, 0.2) is 0 Å². The van der Waals surface area contributed by atoms with Gasteiger partial charge in [0.05, 0.1) is 0 Å². The molecule has 0 aliphatic heterocycles. The van der Waals surface area contributed by atoms with E-state index in [9.17, 15) is 0 Å². The zero-order valence-electron chi connectivity index (χ0n) is 28.6. The zero-order valence-corrected chi connectivity index (χ0v) is 28.6. The molecular formula is C49H39N. The summed E-state index contributed by atoms with van der Waals surface area (Å²) < 4.78 is 0. The predicted octanol–water partition coefficient (Wildman–Crippen LogP) is 13.1. The second-order valence-electron chi connectivity index (χ2n) is 14.2. The Balaban J connectivity index is 1.18. The maximum Gasteiger partial charge on any atom is 0.0468 e. The summed E-state index contributed by atoms with van der Waals surface area (Å²) in [4.78, 5) is 2.44. The molecule has 0 saturated carbocycles. The number of fused-ring (bicyclic) bond motifs is 4. The van der Waals surface area contributed by atoms with Crippen LogP contribution in [-0.4, -0.2) is 0 Å². The van der Waals surface area contributed by atoms with Crippen LogP contribution in [0.5, 0.6) is 0 Å². The second kappa shape index (κ2) is 12.2. The lowest BCUT2D eigenvalue weighted by molar-refractivity contribution is 0.660. The van der Waals surface area contributed by atoms with Gasteiger partial charge in [-0.3, -0.25) is 0 Å². The highest BCUT2D eigenvalue weighted by Gasteiger charge is 2.35. The molecule has 50 heavy (non-hydrogen) atoms. The predicted molar refractivity (Wildman–Crippen MR) is 211 cm³/mol. The minimum atomic E-state index is -0.0898. The van der Waals surface area contributed by atoms with Crippen LogP contribution in [0.4, 0.5) is 17.1 Å². The second-order valence-corrected chi connectivity index (χ2v) is 14.2. The van der Waals surface area contributed by atoms with Crippen molar-refractivity contribution in [2.24, 2.45) is 0 Å². The van der Waals surface area contributed by atoms with Gasteiger partial charge in [-0.1, -0.05) is 159 Å². The van der Waals surface area contributed by atoms with Crippen molar-refractivity contribution in [2.45, 2.75) is 31.6 Å². The fourth-order valence-electron chi connectivity index (χ4n) is 8.18. The first-order chi connectivity index (χ1) is 24.5. The smallest absolute Gasteiger partial charge is 0.0468 e. The van der Waals surface area contributed by atoms with Gasteiger partial charge in [0.1, 0.15) is 0 Å². The van der Waals surface area contributed by atoms with Gasteiger partial charge in [-0.05, 0) is 104 Å². The minimum absolute atomic E-state index is 0.0898. The van der Waals surface area contributed by atoms with Crippen molar-refractivity contribution >= 4 is 23.1 Å². The highest BCUT2D eigenvalue weighted by molar-refractivity contribution is 5.90. The zero-order chi connectivity index (χ0) is 33.7. The van der Waals surface area contributed by atoms with E-state index < -0.39 is 0 Å². The van der Waals surface area contributed by atoms with Gasteiger partial charge in [0.2, 0.25) is 0 Å². The van der Waals surface area contributed by atoms with Crippen LogP contribution < -0.4 is 4.90 Å². The number of anilines is 3. The molecule has 0 radical (unpaired) electrons. The molecule has 240 valence electrons. The van der Waals surface area contributed by atoms with Crippen molar-refractivity contribution in [1.82, 2.24) is 0 Å². The topological polar surface area (TPSA) is 3.24 Å². The average molecular weight is 642 g/mol. The Morgan fingerprint density at radius 1 is 0.480 bits per heavy atom. The van der Waals surface area contributed by atoms with Crippen molar-refractivity contribution in [1.29, 1.82) is 0 Å². The number of hydrogen-bond acceptors (Lipinski definition) is 1. The summed E-state index contributed by atoms with van der Waals surface area (Å²) in [7, 11) is 0. The first kappa shape index (κ1) is 30.2. The van der Waals surface area contributed by atoms with Gasteiger partial charge in [0.25, 0.3) is 0 Å². The van der Waals surface area contributed by atoms with E-state index in [2.05, 4.69) is 201 Å². The molecule has 1 unspecified atom stereocenters. The van der Waals surface area contributed by atoms with Crippen LogP contribution in [-0.2, 0) is 11.8 Å². The van der Waals surface area contributed by atoms with E-state index in [1.165, 1.54) is 61.2 Å². The Hall–Kier alpha value is -5.92. The van der Waals surface area contributed by atoms with E-state index in [0.29, 0.717) is 5.92 Å². The fourth-order valence-corrected chi connectivity index (χ4v) is 8.18. The Bertz CT molecular complexity index is 2360. The molecule has 0 amide bonds. The number of allylic oxidation sites excluding steroid dienone is 1. The highest BCUT2D eigenvalue weighted by Crippen LogP contribution is 2.51. The van der Waals surface area contributed by atoms with Crippen molar-refractivity contribution in [3.63, 3.8) is 0 Å². The minimum Gasteiger partial charge on any atom is -0.310 e. The Morgan fingerprint density at radius 3 is 1.82 bits per heavy atom. The highest BCUT2D eigenvalue weighted by atomic mass is 15.1. The van der Waals surface area contributed by atoms with Crippen LogP contribution >= 0.6 is 0 Å². The van der Waals surface area contributed by atoms with Crippen LogP contribution in [0, 0.1) is 0 Å². The summed E-state index contributed by atoms with van der Waals surface area (Å²) in [5.74, 6) is 0.363. The van der Waals surface area contributed by atoms with Gasteiger partial charge in [0, 0.05) is 28.4 Å². The monoisotopic (exact) mass is 641 g/mol. The van der Waals surface area contributed by atoms with Crippen molar-refractivity contribution < 1.29 is 0 Å². The number of rotatable bonds is 6.